The fourth-order valence-electron chi connectivity index (χ4n) is 4.19. The van der Waals surface area contributed by atoms with Crippen LogP contribution in [0.4, 0.5) is 18.9 Å². The van der Waals surface area contributed by atoms with Gasteiger partial charge in [-0.05, 0) is 48.2 Å². The van der Waals surface area contributed by atoms with Crippen LogP contribution in [0.15, 0.2) is 47.3 Å². The number of aromatic amines is 1. The molecule has 7 nitrogen and oxygen atoms in total. The molecule has 33 heavy (non-hydrogen) atoms. The summed E-state index contributed by atoms with van der Waals surface area (Å²) in [5, 5.41) is 11.3. The molecule has 1 aliphatic rings. The first-order chi connectivity index (χ1) is 15.6. The molecule has 1 N–H and O–H groups in total. The Kier molecular flexibility index (Phi) is 5.04. The molecule has 0 radical (unpaired) electrons. The second kappa shape index (κ2) is 7.68. The van der Waals surface area contributed by atoms with E-state index in [1.165, 1.54) is 21.8 Å². The molecule has 0 saturated heterocycles. The molecule has 170 valence electrons. The lowest BCUT2D eigenvalue weighted by Gasteiger charge is -2.28. The fraction of sp³-hybridized carbons (Fsp3) is 0.273. The molecule has 4 aromatic rings. The lowest BCUT2D eigenvalue weighted by atomic mass is 9.94. The van der Waals surface area contributed by atoms with Crippen LogP contribution in [0.1, 0.15) is 52.8 Å². The van der Waals surface area contributed by atoms with E-state index in [4.69, 9.17) is 0 Å². The molecular weight excluding hydrogens is 501 g/mol. The summed E-state index contributed by atoms with van der Waals surface area (Å²) in [5.74, 6) is -0.139. The zero-order chi connectivity index (χ0) is 23.5. The molecule has 3 aromatic heterocycles. The maximum Gasteiger partial charge on any atom is 0.416 e. The molecule has 0 aliphatic carbocycles. The van der Waals surface area contributed by atoms with Gasteiger partial charge in [0, 0.05) is 10.0 Å². The SMILES string of the molecule is CC(C)Cc1n[nH]c2c1C(c1cc(C(F)(F)F)ccc1Br)N(c1ccc3ncnn3c1)C2=O. The van der Waals surface area contributed by atoms with Gasteiger partial charge in [0.15, 0.2) is 5.65 Å². The van der Waals surface area contributed by atoms with Crippen molar-refractivity contribution in [2.45, 2.75) is 32.5 Å². The first-order valence-electron chi connectivity index (χ1n) is 10.2. The summed E-state index contributed by atoms with van der Waals surface area (Å²) in [7, 11) is 0. The average Bonchev–Trinajstić information content (AvgIpc) is 3.43. The summed E-state index contributed by atoms with van der Waals surface area (Å²) < 4.78 is 42.7. The Morgan fingerprint density at radius 1 is 1.21 bits per heavy atom. The molecule has 1 aromatic carbocycles. The third-order valence-electron chi connectivity index (χ3n) is 5.60. The number of alkyl halides is 3. The van der Waals surface area contributed by atoms with Gasteiger partial charge in [-0.3, -0.25) is 14.8 Å². The van der Waals surface area contributed by atoms with Gasteiger partial charge in [0.25, 0.3) is 5.91 Å². The Morgan fingerprint density at radius 3 is 2.73 bits per heavy atom. The summed E-state index contributed by atoms with van der Waals surface area (Å²) >= 11 is 3.41. The zero-order valence-electron chi connectivity index (χ0n) is 17.6. The van der Waals surface area contributed by atoms with Gasteiger partial charge in [-0.25, -0.2) is 9.50 Å². The van der Waals surface area contributed by atoms with Crippen molar-refractivity contribution in [2.75, 3.05) is 4.90 Å². The van der Waals surface area contributed by atoms with Crippen molar-refractivity contribution in [1.29, 1.82) is 0 Å². The highest BCUT2D eigenvalue weighted by Gasteiger charge is 2.44. The van der Waals surface area contributed by atoms with Crippen molar-refractivity contribution in [3.63, 3.8) is 0 Å². The lowest BCUT2D eigenvalue weighted by Crippen LogP contribution is -2.30. The predicted molar refractivity (Wildman–Crippen MR) is 118 cm³/mol. The Hall–Kier alpha value is -3.21. The molecule has 1 aliphatic heterocycles. The van der Waals surface area contributed by atoms with Gasteiger partial charge < -0.3 is 0 Å². The Balaban J connectivity index is 1.74. The number of aromatic nitrogens is 5. The van der Waals surface area contributed by atoms with Crippen LogP contribution in [0.25, 0.3) is 5.65 Å². The van der Waals surface area contributed by atoms with Crippen molar-refractivity contribution in [3.05, 3.63) is 75.4 Å². The first-order valence-corrected chi connectivity index (χ1v) is 11.0. The number of nitrogens with one attached hydrogen (secondary N) is 1. The lowest BCUT2D eigenvalue weighted by molar-refractivity contribution is -0.137. The van der Waals surface area contributed by atoms with E-state index in [2.05, 4.69) is 36.2 Å². The Labute approximate surface area is 194 Å². The third-order valence-corrected chi connectivity index (χ3v) is 6.33. The highest BCUT2D eigenvalue weighted by Crippen LogP contribution is 2.46. The highest BCUT2D eigenvalue weighted by molar-refractivity contribution is 9.10. The van der Waals surface area contributed by atoms with Gasteiger partial charge >= 0.3 is 6.18 Å². The third kappa shape index (κ3) is 3.60. The molecule has 4 heterocycles. The number of anilines is 1. The fourth-order valence-corrected chi connectivity index (χ4v) is 4.66. The number of hydrogen-bond donors (Lipinski definition) is 1. The van der Waals surface area contributed by atoms with E-state index in [1.54, 1.807) is 18.3 Å². The van der Waals surface area contributed by atoms with Crippen LogP contribution >= 0.6 is 15.9 Å². The molecule has 1 unspecified atom stereocenters. The van der Waals surface area contributed by atoms with Crippen molar-refractivity contribution in [1.82, 2.24) is 24.8 Å². The Morgan fingerprint density at radius 2 is 2.00 bits per heavy atom. The number of nitrogens with zero attached hydrogens (tertiary/aromatic N) is 5. The van der Waals surface area contributed by atoms with Crippen LogP contribution in [0.2, 0.25) is 0 Å². The van der Waals surface area contributed by atoms with E-state index in [0.717, 1.165) is 12.1 Å². The van der Waals surface area contributed by atoms with Crippen molar-refractivity contribution >= 4 is 33.2 Å². The van der Waals surface area contributed by atoms with E-state index in [9.17, 15) is 18.0 Å². The molecule has 0 bridgehead atoms. The van der Waals surface area contributed by atoms with E-state index in [-0.39, 0.29) is 17.5 Å². The predicted octanol–water partition coefficient (Wildman–Crippen LogP) is 5.18. The van der Waals surface area contributed by atoms with E-state index >= 15 is 0 Å². The van der Waals surface area contributed by atoms with Gasteiger partial charge in [0.1, 0.15) is 12.0 Å². The van der Waals surface area contributed by atoms with Crippen LogP contribution in [0.5, 0.6) is 0 Å². The molecule has 11 heteroatoms. The van der Waals surface area contributed by atoms with Crippen molar-refractivity contribution in [2.24, 2.45) is 5.92 Å². The van der Waals surface area contributed by atoms with Crippen molar-refractivity contribution in [3.8, 4) is 0 Å². The van der Waals surface area contributed by atoms with E-state index in [0.29, 0.717) is 39.0 Å². The molecule has 0 saturated carbocycles. The summed E-state index contributed by atoms with van der Waals surface area (Å²) in [4.78, 5) is 19.1. The molecule has 5 rings (SSSR count). The number of amides is 1. The number of fused-ring (bicyclic) bond motifs is 2. The molecule has 0 spiro atoms. The van der Waals surface area contributed by atoms with Crippen LogP contribution in [-0.4, -0.2) is 30.7 Å². The molecular formula is C22H18BrF3N6O. The average molecular weight is 519 g/mol. The maximum atomic E-state index is 13.6. The maximum absolute atomic E-state index is 13.6. The number of rotatable bonds is 4. The number of benzene rings is 1. The first kappa shape index (κ1) is 21.6. The number of carbonyl (C=O) groups excluding carboxylic acids is 1. The quantitative estimate of drug-likeness (QED) is 0.403. The molecule has 0 fully saturated rings. The summed E-state index contributed by atoms with van der Waals surface area (Å²) in [6, 6.07) is 6.07. The van der Waals surface area contributed by atoms with Crippen LogP contribution < -0.4 is 4.90 Å². The van der Waals surface area contributed by atoms with Gasteiger partial charge in [0.05, 0.1) is 29.2 Å². The second-order valence-corrected chi connectivity index (χ2v) is 9.17. The summed E-state index contributed by atoms with van der Waals surface area (Å²) in [5.41, 5.74) is 2.12. The largest absolute Gasteiger partial charge is 0.416 e. The molecule has 1 atom stereocenters. The zero-order valence-corrected chi connectivity index (χ0v) is 19.1. The summed E-state index contributed by atoms with van der Waals surface area (Å²) in [6.45, 7) is 4.03. The van der Waals surface area contributed by atoms with Gasteiger partial charge in [-0.15, -0.1) is 0 Å². The van der Waals surface area contributed by atoms with Crippen LogP contribution in [0, 0.1) is 5.92 Å². The standard InChI is InChI=1S/C22H18BrF3N6O/c1-11(2)7-16-18-19(30-29-16)21(33)32(13-4-6-17-27-10-28-31(17)9-13)20(18)14-8-12(22(24,25)26)3-5-15(14)23/h3-6,8-11,20H,7H2,1-2H3,(H,29,30). The topological polar surface area (TPSA) is 79.2 Å². The van der Waals surface area contributed by atoms with Crippen LogP contribution in [0.3, 0.4) is 0 Å². The number of pyridine rings is 1. The minimum Gasteiger partial charge on any atom is -0.294 e. The van der Waals surface area contributed by atoms with Gasteiger partial charge in [-0.1, -0.05) is 29.8 Å². The minimum absolute atomic E-state index is 0.235. The normalized spacial score (nSPS) is 16.3. The van der Waals surface area contributed by atoms with E-state index < -0.39 is 17.8 Å². The number of hydrogen-bond acceptors (Lipinski definition) is 4. The minimum atomic E-state index is -4.53. The van der Waals surface area contributed by atoms with E-state index in [1.807, 2.05) is 13.8 Å². The second-order valence-electron chi connectivity index (χ2n) is 8.32. The molecule has 1 amide bonds. The van der Waals surface area contributed by atoms with Gasteiger partial charge in [-0.2, -0.15) is 23.4 Å². The number of carbonyl (C=O) groups is 1. The summed E-state index contributed by atoms with van der Waals surface area (Å²) in [6.07, 6.45) is -0.931. The Bertz CT molecular complexity index is 1380. The number of halogens is 4. The monoisotopic (exact) mass is 518 g/mol. The van der Waals surface area contributed by atoms with Crippen molar-refractivity contribution < 1.29 is 18.0 Å². The highest BCUT2D eigenvalue weighted by atomic mass is 79.9. The van der Waals surface area contributed by atoms with Crippen LogP contribution in [-0.2, 0) is 12.6 Å². The van der Waals surface area contributed by atoms with Gasteiger partial charge in [0.2, 0.25) is 0 Å². The number of H-pyrrole nitrogens is 1. The smallest absolute Gasteiger partial charge is 0.294 e.